The summed E-state index contributed by atoms with van der Waals surface area (Å²) in [6.07, 6.45) is 2.61. The first kappa shape index (κ1) is 22.9. The summed E-state index contributed by atoms with van der Waals surface area (Å²) < 4.78 is 5.51. The van der Waals surface area contributed by atoms with Gasteiger partial charge in [0.2, 0.25) is 11.5 Å². The first-order chi connectivity index (χ1) is 16.9. The van der Waals surface area contributed by atoms with Crippen LogP contribution < -0.4 is 16.0 Å². The van der Waals surface area contributed by atoms with Crippen LogP contribution in [-0.4, -0.2) is 41.9 Å². The average molecular weight is 477 g/mol. The highest BCUT2D eigenvalue weighted by molar-refractivity contribution is 6.04. The molecule has 5 rings (SSSR count). The standard InChI is InChI=1S/C26H28N4O5/c1-27-24(33)28-18-10-11-21-20(13-18)17(14-26(21)23(32)29-25(34)35-26)12-22(31)30(19-8-5-9-19)15-16-6-3-2-4-7-16/h2-4,6-7,10-11,13,17,19H,5,8-9,12,14-15H2,1H3,(H2,27,28,33)(H,29,32,34)/t17?,26-/m1/s1. The van der Waals surface area contributed by atoms with Crippen molar-refractivity contribution < 1.29 is 23.9 Å². The van der Waals surface area contributed by atoms with Gasteiger partial charge < -0.3 is 20.3 Å². The maximum atomic E-state index is 13.6. The van der Waals surface area contributed by atoms with Crippen molar-refractivity contribution in [1.29, 1.82) is 0 Å². The maximum absolute atomic E-state index is 13.6. The Morgan fingerprint density at radius 3 is 2.54 bits per heavy atom. The highest BCUT2D eigenvalue weighted by Crippen LogP contribution is 2.51. The summed E-state index contributed by atoms with van der Waals surface area (Å²) in [4.78, 5) is 52.2. The summed E-state index contributed by atoms with van der Waals surface area (Å²) in [5.41, 5.74) is 1.42. The molecule has 1 unspecified atom stereocenters. The molecule has 1 heterocycles. The van der Waals surface area contributed by atoms with E-state index in [1.54, 1.807) is 18.2 Å². The van der Waals surface area contributed by atoms with Gasteiger partial charge in [-0.3, -0.25) is 14.9 Å². The quantitative estimate of drug-likeness (QED) is 0.591. The van der Waals surface area contributed by atoms with Gasteiger partial charge in [-0.25, -0.2) is 9.59 Å². The van der Waals surface area contributed by atoms with Crippen molar-refractivity contribution in [3.8, 4) is 0 Å². The van der Waals surface area contributed by atoms with Crippen molar-refractivity contribution in [1.82, 2.24) is 15.5 Å². The van der Waals surface area contributed by atoms with Gasteiger partial charge in [-0.05, 0) is 48.4 Å². The monoisotopic (exact) mass is 476 g/mol. The number of alkyl carbamates (subject to hydrolysis) is 1. The fraction of sp³-hybridized carbons (Fsp3) is 0.385. The SMILES string of the molecule is CNC(=O)Nc1ccc2c(c1)C(CC(=O)N(Cc1ccccc1)C1CCC1)C[C@@]21OC(=O)NC1=O. The molecule has 5 amide bonds. The van der Waals surface area contributed by atoms with Gasteiger partial charge in [0.05, 0.1) is 0 Å². The van der Waals surface area contributed by atoms with Gasteiger partial charge in [0.1, 0.15) is 0 Å². The Labute approximate surface area is 203 Å². The number of imide groups is 1. The second-order valence-corrected chi connectivity index (χ2v) is 9.37. The first-order valence-electron chi connectivity index (χ1n) is 11.9. The number of fused-ring (bicyclic) bond motifs is 2. The summed E-state index contributed by atoms with van der Waals surface area (Å²) in [7, 11) is 1.52. The third-order valence-electron chi connectivity index (χ3n) is 7.25. The summed E-state index contributed by atoms with van der Waals surface area (Å²) >= 11 is 0. The Morgan fingerprint density at radius 2 is 1.91 bits per heavy atom. The second kappa shape index (κ2) is 9.05. The molecular weight excluding hydrogens is 448 g/mol. The molecule has 3 aliphatic rings. The first-order valence-corrected chi connectivity index (χ1v) is 11.9. The third-order valence-corrected chi connectivity index (χ3v) is 7.25. The topological polar surface area (TPSA) is 117 Å². The van der Waals surface area contributed by atoms with Crippen molar-refractivity contribution in [2.24, 2.45) is 0 Å². The molecule has 2 atom stereocenters. The minimum Gasteiger partial charge on any atom is -0.427 e. The van der Waals surface area contributed by atoms with Crippen LogP contribution in [0.2, 0.25) is 0 Å². The summed E-state index contributed by atoms with van der Waals surface area (Å²) in [5.74, 6) is -0.870. The van der Waals surface area contributed by atoms with Crippen LogP contribution in [0.3, 0.4) is 0 Å². The van der Waals surface area contributed by atoms with E-state index in [4.69, 9.17) is 4.74 Å². The number of carbonyl (C=O) groups is 4. The van der Waals surface area contributed by atoms with Crippen LogP contribution in [-0.2, 0) is 26.5 Å². The number of nitrogens with zero attached hydrogens (tertiary/aromatic N) is 1. The molecule has 1 aliphatic heterocycles. The lowest BCUT2D eigenvalue weighted by atomic mass is 9.89. The molecule has 2 aromatic carbocycles. The normalized spacial score (nSPS) is 22.7. The lowest BCUT2D eigenvalue weighted by Crippen LogP contribution is -2.44. The predicted octanol–water partition coefficient (Wildman–Crippen LogP) is 3.36. The highest BCUT2D eigenvalue weighted by atomic mass is 16.6. The van der Waals surface area contributed by atoms with Gasteiger partial charge in [-0.1, -0.05) is 36.4 Å². The summed E-state index contributed by atoms with van der Waals surface area (Å²) in [6, 6.07) is 14.8. The van der Waals surface area contributed by atoms with E-state index in [2.05, 4.69) is 16.0 Å². The van der Waals surface area contributed by atoms with E-state index in [-0.39, 0.29) is 36.7 Å². The molecule has 0 bridgehead atoms. The smallest absolute Gasteiger partial charge is 0.415 e. The largest absolute Gasteiger partial charge is 0.427 e. The van der Waals surface area contributed by atoms with Crippen LogP contribution in [0.4, 0.5) is 15.3 Å². The van der Waals surface area contributed by atoms with Gasteiger partial charge >= 0.3 is 12.1 Å². The molecule has 2 fully saturated rings. The lowest BCUT2D eigenvalue weighted by Gasteiger charge is -2.38. The average Bonchev–Trinajstić information content (AvgIpc) is 3.27. The molecule has 1 saturated heterocycles. The molecule has 2 aromatic rings. The number of ether oxygens (including phenoxy) is 1. The van der Waals surface area contributed by atoms with E-state index in [1.807, 2.05) is 35.2 Å². The summed E-state index contributed by atoms with van der Waals surface area (Å²) in [5, 5.41) is 7.47. The minimum atomic E-state index is -1.45. The molecule has 2 aliphatic carbocycles. The zero-order valence-corrected chi connectivity index (χ0v) is 19.5. The fourth-order valence-electron chi connectivity index (χ4n) is 5.25. The summed E-state index contributed by atoms with van der Waals surface area (Å²) in [6.45, 7) is 0.531. The van der Waals surface area contributed by atoms with Crippen LogP contribution in [0.5, 0.6) is 0 Å². The zero-order valence-electron chi connectivity index (χ0n) is 19.5. The van der Waals surface area contributed by atoms with Crippen LogP contribution in [0.15, 0.2) is 48.5 Å². The number of amides is 5. The second-order valence-electron chi connectivity index (χ2n) is 9.37. The van der Waals surface area contributed by atoms with E-state index < -0.39 is 17.6 Å². The van der Waals surface area contributed by atoms with Gasteiger partial charge in [0, 0.05) is 43.7 Å². The molecule has 35 heavy (non-hydrogen) atoms. The molecule has 0 radical (unpaired) electrons. The Kier molecular flexibility index (Phi) is 5.92. The number of carbonyl (C=O) groups excluding carboxylic acids is 4. The van der Waals surface area contributed by atoms with Crippen molar-refractivity contribution in [2.45, 2.75) is 56.2 Å². The van der Waals surface area contributed by atoms with E-state index in [1.165, 1.54) is 7.05 Å². The van der Waals surface area contributed by atoms with E-state index in [0.29, 0.717) is 17.8 Å². The molecule has 9 nitrogen and oxygen atoms in total. The number of rotatable bonds is 6. The fourth-order valence-corrected chi connectivity index (χ4v) is 5.25. The van der Waals surface area contributed by atoms with Gasteiger partial charge in [-0.2, -0.15) is 0 Å². The van der Waals surface area contributed by atoms with Gasteiger partial charge in [-0.15, -0.1) is 0 Å². The zero-order chi connectivity index (χ0) is 24.6. The van der Waals surface area contributed by atoms with Gasteiger partial charge in [0.25, 0.3) is 5.91 Å². The van der Waals surface area contributed by atoms with Crippen LogP contribution in [0, 0.1) is 0 Å². The Hall–Kier alpha value is -3.88. The Bertz CT molecular complexity index is 1180. The van der Waals surface area contributed by atoms with E-state index >= 15 is 0 Å². The number of hydrogen-bond acceptors (Lipinski definition) is 5. The number of benzene rings is 2. The number of urea groups is 1. The Balaban J connectivity index is 1.44. The molecular formula is C26H28N4O5. The number of anilines is 1. The van der Waals surface area contributed by atoms with Gasteiger partial charge in [0.15, 0.2) is 0 Å². The number of nitrogens with one attached hydrogen (secondary N) is 3. The van der Waals surface area contributed by atoms with Crippen molar-refractivity contribution in [3.05, 3.63) is 65.2 Å². The highest BCUT2D eigenvalue weighted by Gasteiger charge is 2.57. The molecule has 1 saturated carbocycles. The van der Waals surface area contributed by atoms with Crippen LogP contribution >= 0.6 is 0 Å². The third kappa shape index (κ3) is 4.22. The van der Waals surface area contributed by atoms with Crippen molar-refractivity contribution in [2.75, 3.05) is 12.4 Å². The van der Waals surface area contributed by atoms with Crippen molar-refractivity contribution >= 4 is 29.6 Å². The van der Waals surface area contributed by atoms with E-state index in [9.17, 15) is 19.2 Å². The number of hydrogen-bond donors (Lipinski definition) is 3. The van der Waals surface area contributed by atoms with Crippen molar-refractivity contribution in [3.63, 3.8) is 0 Å². The van der Waals surface area contributed by atoms with E-state index in [0.717, 1.165) is 30.4 Å². The molecule has 3 N–H and O–H groups in total. The molecule has 182 valence electrons. The minimum absolute atomic E-state index is 0.000878. The Morgan fingerprint density at radius 1 is 1.14 bits per heavy atom. The molecule has 0 aromatic heterocycles. The van der Waals surface area contributed by atoms with Crippen LogP contribution in [0.1, 0.15) is 54.7 Å². The van der Waals surface area contributed by atoms with Crippen LogP contribution in [0.25, 0.3) is 0 Å². The predicted molar refractivity (Wildman–Crippen MR) is 127 cm³/mol. The maximum Gasteiger partial charge on any atom is 0.415 e. The molecule has 1 spiro atoms. The molecule has 9 heteroatoms. The lowest BCUT2D eigenvalue weighted by molar-refractivity contribution is -0.138.